The van der Waals surface area contributed by atoms with Gasteiger partial charge < -0.3 is 9.73 Å². The van der Waals surface area contributed by atoms with Crippen molar-refractivity contribution in [3.8, 4) is 0 Å². The lowest BCUT2D eigenvalue weighted by Crippen LogP contribution is -2.47. The molecule has 4 aromatic rings. The van der Waals surface area contributed by atoms with E-state index in [4.69, 9.17) is 4.42 Å². The summed E-state index contributed by atoms with van der Waals surface area (Å²) < 4.78 is 6.63. The first-order valence-corrected chi connectivity index (χ1v) is 9.55. The second-order valence-corrected chi connectivity index (χ2v) is 7.38. The van der Waals surface area contributed by atoms with Crippen molar-refractivity contribution in [3.63, 3.8) is 0 Å². The highest BCUT2D eigenvalue weighted by Crippen LogP contribution is 2.26. The van der Waals surface area contributed by atoms with Crippen LogP contribution in [0.3, 0.4) is 0 Å². The number of hydrazine groups is 1. The molecule has 0 saturated carbocycles. The van der Waals surface area contributed by atoms with E-state index in [2.05, 4.69) is 21.2 Å². The van der Waals surface area contributed by atoms with Crippen molar-refractivity contribution in [1.29, 1.82) is 0 Å². The molecular weight excluding hydrogens is 376 g/mol. The predicted octanol–water partition coefficient (Wildman–Crippen LogP) is 3.61. The van der Waals surface area contributed by atoms with E-state index in [1.54, 1.807) is 19.9 Å². The molecule has 2 aromatic heterocycles. The largest absolute Gasteiger partial charge is 0.451 e. The summed E-state index contributed by atoms with van der Waals surface area (Å²) in [6, 6.07) is 14.5. The molecule has 2 amide bonds. The topological polar surface area (TPSA) is 96.3 Å². The van der Waals surface area contributed by atoms with Gasteiger partial charge in [-0.25, -0.2) is 4.98 Å². The maximum atomic E-state index is 12.4. The summed E-state index contributed by atoms with van der Waals surface area (Å²) in [4.78, 5) is 29.1. The Hall–Kier alpha value is -3.39. The van der Waals surface area contributed by atoms with Crippen molar-refractivity contribution >= 4 is 49.5 Å². The fourth-order valence-corrected chi connectivity index (χ4v) is 3.81. The maximum Gasteiger partial charge on any atom is 0.305 e. The number of para-hydroxylation sites is 2. The molecule has 0 saturated heterocycles. The number of hydrogen-bond donors (Lipinski definition) is 3. The minimum Gasteiger partial charge on any atom is -0.451 e. The average molecular weight is 394 g/mol. The number of benzene rings is 2. The summed E-state index contributed by atoms with van der Waals surface area (Å²) in [6.07, 6.45) is 0. The molecular formula is C20H18N4O3S. The molecule has 0 aliphatic carbocycles. The number of hydrogen-bond acceptors (Lipinski definition) is 6. The highest BCUT2D eigenvalue weighted by molar-refractivity contribution is 7.22. The van der Waals surface area contributed by atoms with Crippen LogP contribution in [-0.2, 0) is 4.79 Å². The van der Waals surface area contributed by atoms with Crippen LogP contribution in [0.2, 0.25) is 0 Å². The van der Waals surface area contributed by atoms with Crippen LogP contribution in [0.15, 0.2) is 52.9 Å². The number of aromatic nitrogens is 1. The summed E-state index contributed by atoms with van der Waals surface area (Å²) in [5, 5.41) is 4.56. The van der Waals surface area contributed by atoms with Gasteiger partial charge in [0, 0.05) is 10.9 Å². The monoisotopic (exact) mass is 394 g/mol. The molecule has 2 heterocycles. The standard InChI is InChI=1S/C20H18N4O3S/c1-11-13-7-3-5-9-15(13)27-17(11)19(26)24-23-18(25)12(2)21-20-22-14-8-4-6-10-16(14)28-20/h3-10,12H,1-2H3,(H,21,22)(H,23,25)(H,24,26)/t12-/m1/s1. The van der Waals surface area contributed by atoms with E-state index in [1.807, 2.05) is 42.5 Å². The fourth-order valence-electron chi connectivity index (χ4n) is 2.86. The maximum absolute atomic E-state index is 12.4. The van der Waals surface area contributed by atoms with E-state index in [9.17, 15) is 9.59 Å². The summed E-state index contributed by atoms with van der Waals surface area (Å²) >= 11 is 1.46. The SMILES string of the molecule is Cc1c(C(=O)NNC(=O)[C@@H](C)Nc2nc3ccccc3s2)oc2ccccc12. The van der Waals surface area contributed by atoms with Gasteiger partial charge in [-0.3, -0.25) is 20.4 Å². The highest BCUT2D eigenvalue weighted by atomic mass is 32.1. The normalized spacial score (nSPS) is 12.1. The summed E-state index contributed by atoms with van der Waals surface area (Å²) in [5.74, 6) is -0.719. The van der Waals surface area contributed by atoms with E-state index in [1.165, 1.54) is 11.3 Å². The van der Waals surface area contributed by atoms with Crippen molar-refractivity contribution in [3.05, 3.63) is 59.9 Å². The molecule has 2 aromatic carbocycles. The second kappa shape index (κ2) is 7.32. The molecule has 0 aliphatic rings. The highest BCUT2D eigenvalue weighted by Gasteiger charge is 2.20. The Morgan fingerprint density at radius 2 is 1.82 bits per heavy atom. The first-order valence-electron chi connectivity index (χ1n) is 8.73. The lowest BCUT2D eigenvalue weighted by molar-refractivity contribution is -0.122. The van der Waals surface area contributed by atoms with Gasteiger partial charge in [-0.05, 0) is 32.0 Å². The smallest absolute Gasteiger partial charge is 0.305 e. The van der Waals surface area contributed by atoms with Crippen molar-refractivity contribution in [2.75, 3.05) is 5.32 Å². The average Bonchev–Trinajstić information content (AvgIpc) is 3.26. The van der Waals surface area contributed by atoms with Gasteiger partial charge in [0.25, 0.3) is 5.91 Å². The van der Waals surface area contributed by atoms with Gasteiger partial charge in [0.2, 0.25) is 0 Å². The summed E-state index contributed by atoms with van der Waals surface area (Å²) in [7, 11) is 0. The zero-order valence-corrected chi connectivity index (χ0v) is 16.1. The molecule has 0 fully saturated rings. The Kier molecular flexibility index (Phi) is 4.70. The summed E-state index contributed by atoms with van der Waals surface area (Å²) in [6.45, 7) is 3.50. The quantitative estimate of drug-likeness (QED) is 0.460. The molecule has 0 aliphatic heterocycles. The second-order valence-electron chi connectivity index (χ2n) is 6.35. The van der Waals surface area contributed by atoms with Crippen LogP contribution >= 0.6 is 11.3 Å². The van der Waals surface area contributed by atoms with Gasteiger partial charge in [-0.2, -0.15) is 0 Å². The third-order valence-corrected chi connectivity index (χ3v) is 5.34. The number of carbonyl (C=O) groups excluding carboxylic acids is 2. The van der Waals surface area contributed by atoms with Crippen LogP contribution in [0.25, 0.3) is 21.2 Å². The molecule has 0 radical (unpaired) electrons. The Morgan fingerprint density at radius 3 is 2.61 bits per heavy atom. The van der Waals surface area contributed by atoms with Gasteiger partial charge in [-0.15, -0.1) is 0 Å². The number of nitrogens with zero attached hydrogens (tertiary/aromatic N) is 1. The zero-order chi connectivity index (χ0) is 19.7. The molecule has 28 heavy (non-hydrogen) atoms. The number of nitrogens with one attached hydrogen (secondary N) is 3. The van der Waals surface area contributed by atoms with E-state index in [-0.39, 0.29) is 11.7 Å². The first kappa shape index (κ1) is 18.0. The van der Waals surface area contributed by atoms with Crippen LogP contribution in [0.1, 0.15) is 23.0 Å². The molecule has 7 nitrogen and oxygen atoms in total. The van der Waals surface area contributed by atoms with Crippen molar-refractivity contribution in [2.45, 2.75) is 19.9 Å². The molecule has 8 heteroatoms. The number of rotatable bonds is 4. The van der Waals surface area contributed by atoms with Gasteiger partial charge >= 0.3 is 5.91 Å². The molecule has 0 unspecified atom stereocenters. The van der Waals surface area contributed by atoms with E-state index < -0.39 is 11.9 Å². The van der Waals surface area contributed by atoms with Gasteiger partial charge in [0.1, 0.15) is 11.6 Å². The minimum atomic E-state index is -0.586. The van der Waals surface area contributed by atoms with Crippen molar-refractivity contribution < 1.29 is 14.0 Å². The number of anilines is 1. The number of fused-ring (bicyclic) bond motifs is 2. The van der Waals surface area contributed by atoms with Gasteiger partial charge in [0.05, 0.1) is 10.2 Å². The third kappa shape index (κ3) is 3.41. The van der Waals surface area contributed by atoms with Crippen LogP contribution in [-0.4, -0.2) is 22.8 Å². The van der Waals surface area contributed by atoms with E-state index in [0.717, 1.165) is 21.2 Å². The number of amides is 2. The van der Waals surface area contributed by atoms with E-state index in [0.29, 0.717) is 10.7 Å². The lowest BCUT2D eigenvalue weighted by Gasteiger charge is -2.13. The van der Waals surface area contributed by atoms with Crippen LogP contribution in [0.4, 0.5) is 5.13 Å². The Balaban J connectivity index is 1.38. The predicted molar refractivity (Wildman–Crippen MR) is 109 cm³/mol. The van der Waals surface area contributed by atoms with Gasteiger partial charge in [-0.1, -0.05) is 41.7 Å². The molecule has 3 N–H and O–H groups in total. The number of furan rings is 1. The summed E-state index contributed by atoms with van der Waals surface area (Å²) in [5.41, 5.74) is 7.05. The van der Waals surface area contributed by atoms with Crippen LogP contribution in [0.5, 0.6) is 0 Å². The Labute approximate surface area is 164 Å². The van der Waals surface area contributed by atoms with Crippen molar-refractivity contribution in [2.24, 2.45) is 0 Å². The van der Waals surface area contributed by atoms with Crippen LogP contribution in [0, 0.1) is 6.92 Å². The zero-order valence-electron chi connectivity index (χ0n) is 15.3. The third-order valence-electron chi connectivity index (χ3n) is 4.38. The number of thiazole rings is 1. The fraction of sp³-hybridized carbons (Fsp3) is 0.150. The van der Waals surface area contributed by atoms with Crippen LogP contribution < -0.4 is 16.2 Å². The Morgan fingerprint density at radius 1 is 1.07 bits per heavy atom. The van der Waals surface area contributed by atoms with Crippen molar-refractivity contribution in [1.82, 2.24) is 15.8 Å². The minimum absolute atomic E-state index is 0.174. The van der Waals surface area contributed by atoms with Gasteiger partial charge in [0.15, 0.2) is 10.9 Å². The number of carbonyl (C=O) groups is 2. The molecule has 0 spiro atoms. The first-order chi connectivity index (χ1) is 13.5. The number of aryl methyl sites for hydroxylation is 1. The Bertz CT molecular complexity index is 1150. The van der Waals surface area contributed by atoms with E-state index >= 15 is 0 Å². The molecule has 0 bridgehead atoms. The molecule has 142 valence electrons. The lowest BCUT2D eigenvalue weighted by atomic mass is 10.1. The molecule has 4 rings (SSSR count). The molecule has 1 atom stereocenters.